The molecular formula is C36H36N8O4. The minimum atomic E-state index is -0.534. The molecule has 2 saturated heterocycles. The molecule has 2 fully saturated rings. The fraction of sp³-hybridized carbons (Fsp3) is 0.278. The summed E-state index contributed by atoms with van der Waals surface area (Å²) in [5.74, 6) is 0.124. The van der Waals surface area contributed by atoms with Crippen LogP contribution < -0.4 is 10.6 Å². The second-order valence-corrected chi connectivity index (χ2v) is 11.8. The van der Waals surface area contributed by atoms with Crippen LogP contribution in [0.4, 0.5) is 11.6 Å². The van der Waals surface area contributed by atoms with Crippen molar-refractivity contribution in [3.8, 4) is 0 Å². The van der Waals surface area contributed by atoms with E-state index in [1.165, 1.54) is 0 Å². The van der Waals surface area contributed by atoms with Crippen LogP contribution in [0.3, 0.4) is 0 Å². The zero-order valence-corrected chi connectivity index (χ0v) is 26.4. The summed E-state index contributed by atoms with van der Waals surface area (Å²) in [5, 5.41) is 5.69. The maximum Gasteiger partial charge on any atom is 0.248 e. The number of pyridine rings is 4. The number of anilines is 2. The highest BCUT2D eigenvalue weighted by molar-refractivity contribution is 5.98. The van der Waals surface area contributed by atoms with Crippen LogP contribution in [0.2, 0.25) is 0 Å². The monoisotopic (exact) mass is 644 g/mol. The summed E-state index contributed by atoms with van der Waals surface area (Å²) in [6.07, 6.45) is 16.8. The Labute approximate surface area is 278 Å². The summed E-state index contributed by atoms with van der Waals surface area (Å²) in [6, 6.07) is 13.3. The summed E-state index contributed by atoms with van der Waals surface area (Å²) in [7, 11) is 0. The lowest BCUT2D eigenvalue weighted by molar-refractivity contribution is -0.136. The van der Waals surface area contributed by atoms with Gasteiger partial charge < -0.3 is 20.4 Å². The van der Waals surface area contributed by atoms with E-state index in [1.54, 1.807) is 71.2 Å². The van der Waals surface area contributed by atoms with Crippen molar-refractivity contribution in [1.82, 2.24) is 29.7 Å². The number of carbonyl (C=O) groups is 4. The highest BCUT2D eigenvalue weighted by Crippen LogP contribution is 2.22. The third-order valence-electron chi connectivity index (χ3n) is 8.45. The Kier molecular flexibility index (Phi) is 10.2. The Morgan fingerprint density at radius 2 is 1.10 bits per heavy atom. The van der Waals surface area contributed by atoms with E-state index < -0.39 is 12.1 Å². The number of nitrogens with one attached hydrogen (secondary N) is 2. The van der Waals surface area contributed by atoms with Gasteiger partial charge in [0.2, 0.25) is 23.6 Å². The van der Waals surface area contributed by atoms with E-state index >= 15 is 0 Å². The molecule has 0 radical (unpaired) electrons. The van der Waals surface area contributed by atoms with Crippen LogP contribution >= 0.6 is 0 Å². The number of likely N-dealkylation sites (tertiary alicyclic amines) is 2. The Morgan fingerprint density at radius 1 is 0.646 bits per heavy atom. The van der Waals surface area contributed by atoms with Gasteiger partial charge in [-0.25, -0.2) is 9.97 Å². The van der Waals surface area contributed by atoms with Crippen molar-refractivity contribution in [1.29, 1.82) is 0 Å². The van der Waals surface area contributed by atoms with Crippen LogP contribution in [0.1, 0.15) is 47.9 Å². The average molecular weight is 645 g/mol. The van der Waals surface area contributed by atoms with Crippen molar-refractivity contribution in [3.05, 3.63) is 108 Å². The van der Waals surface area contributed by atoms with Gasteiger partial charge in [0.25, 0.3) is 0 Å². The van der Waals surface area contributed by atoms with Crippen molar-refractivity contribution in [2.45, 2.75) is 50.6 Å². The second-order valence-electron chi connectivity index (χ2n) is 11.8. The van der Waals surface area contributed by atoms with Gasteiger partial charge in [-0.15, -0.1) is 0 Å². The van der Waals surface area contributed by atoms with Gasteiger partial charge in [0.05, 0.1) is 12.8 Å². The molecule has 0 spiro atoms. The Morgan fingerprint density at radius 3 is 1.48 bits per heavy atom. The molecule has 6 rings (SSSR count). The van der Waals surface area contributed by atoms with Crippen molar-refractivity contribution in [2.75, 3.05) is 23.7 Å². The zero-order valence-electron chi connectivity index (χ0n) is 26.4. The average Bonchev–Trinajstić information content (AvgIpc) is 3.81. The van der Waals surface area contributed by atoms with E-state index in [2.05, 4.69) is 30.6 Å². The Hall–Kier alpha value is -5.78. The fourth-order valence-corrected chi connectivity index (χ4v) is 6.00. The second kappa shape index (κ2) is 15.2. The first-order valence-electron chi connectivity index (χ1n) is 16.0. The van der Waals surface area contributed by atoms with E-state index in [-0.39, 0.29) is 36.5 Å². The molecule has 2 atom stereocenters. The molecule has 2 aliphatic heterocycles. The summed E-state index contributed by atoms with van der Waals surface area (Å²) in [5.41, 5.74) is 3.26. The molecule has 48 heavy (non-hydrogen) atoms. The molecule has 2 N–H and O–H groups in total. The quantitative estimate of drug-likeness (QED) is 0.265. The molecule has 2 aliphatic rings. The SMILES string of the molecule is O=C(Nc1ccc(/C=C/c2ccc(NC(=O)[C@@H]3CCCN3C(=O)Cc3cccnc3)nc2)cn1)[C@@H]1CCCN1C(=O)Cc1cccnc1. The van der Waals surface area contributed by atoms with Gasteiger partial charge in [0.1, 0.15) is 23.7 Å². The predicted octanol–water partition coefficient (Wildman–Crippen LogP) is 3.78. The number of hydrogen-bond acceptors (Lipinski definition) is 8. The van der Waals surface area contributed by atoms with Crippen molar-refractivity contribution in [2.24, 2.45) is 0 Å². The third-order valence-corrected chi connectivity index (χ3v) is 8.45. The first-order valence-corrected chi connectivity index (χ1v) is 16.0. The minimum Gasteiger partial charge on any atom is -0.330 e. The molecule has 6 heterocycles. The van der Waals surface area contributed by atoms with E-state index in [4.69, 9.17) is 0 Å². The molecule has 12 heteroatoms. The first-order chi connectivity index (χ1) is 23.4. The summed E-state index contributed by atoms with van der Waals surface area (Å²) >= 11 is 0. The smallest absolute Gasteiger partial charge is 0.248 e. The topological polar surface area (TPSA) is 150 Å². The maximum absolute atomic E-state index is 13.0. The van der Waals surface area contributed by atoms with Crippen LogP contribution in [0.25, 0.3) is 12.2 Å². The standard InChI is InChI=1S/C36H36N8O4/c45-33(19-27-5-1-15-37-21-27)43-17-3-7-29(43)35(47)41-31-13-11-25(23-39-31)9-10-26-12-14-32(40-24-26)42-36(48)30-8-4-18-44(30)34(46)20-28-6-2-16-38-22-28/h1-2,5-6,9-16,21-24,29-30H,3-4,7-8,17-20H2,(H,39,41,47)(H,40,42,48)/b10-9+/t29-,30-/m0/s1. The van der Waals surface area contributed by atoms with Crippen LogP contribution in [-0.2, 0) is 32.0 Å². The molecule has 0 bridgehead atoms. The lowest BCUT2D eigenvalue weighted by atomic mass is 10.1. The highest BCUT2D eigenvalue weighted by Gasteiger charge is 2.35. The van der Waals surface area contributed by atoms with E-state index in [9.17, 15) is 19.2 Å². The van der Waals surface area contributed by atoms with Gasteiger partial charge >= 0.3 is 0 Å². The molecular weight excluding hydrogens is 608 g/mol. The number of rotatable bonds is 10. The summed E-state index contributed by atoms with van der Waals surface area (Å²) in [4.78, 5) is 72.0. The van der Waals surface area contributed by atoms with Crippen LogP contribution in [0, 0.1) is 0 Å². The van der Waals surface area contributed by atoms with Gasteiger partial charge in [-0.05, 0) is 84.3 Å². The molecule has 4 amide bonds. The van der Waals surface area contributed by atoms with Crippen molar-refractivity contribution in [3.63, 3.8) is 0 Å². The summed E-state index contributed by atoms with van der Waals surface area (Å²) in [6.45, 7) is 1.09. The molecule has 0 unspecified atom stereocenters. The van der Waals surface area contributed by atoms with Crippen molar-refractivity contribution < 1.29 is 19.2 Å². The Balaban J connectivity index is 0.985. The molecule has 4 aromatic heterocycles. The lowest BCUT2D eigenvalue weighted by Gasteiger charge is -2.24. The van der Waals surface area contributed by atoms with Crippen molar-refractivity contribution >= 4 is 47.4 Å². The number of amides is 4. The van der Waals surface area contributed by atoms with Gasteiger partial charge in [-0.3, -0.25) is 29.1 Å². The third kappa shape index (κ3) is 8.13. The molecule has 12 nitrogen and oxygen atoms in total. The minimum absolute atomic E-state index is 0.0939. The van der Waals surface area contributed by atoms with Crippen LogP contribution in [-0.4, -0.2) is 78.5 Å². The molecule has 0 saturated carbocycles. The highest BCUT2D eigenvalue weighted by atomic mass is 16.2. The maximum atomic E-state index is 13.0. The molecule has 0 aliphatic carbocycles. The van der Waals surface area contributed by atoms with Gasteiger partial charge in [0, 0.05) is 50.3 Å². The van der Waals surface area contributed by atoms with E-state index in [0.29, 0.717) is 37.6 Å². The van der Waals surface area contributed by atoms with Gasteiger partial charge in [0.15, 0.2) is 0 Å². The zero-order chi connectivity index (χ0) is 33.3. The lowest BCUT2D eigenvalue weighted by Crippen LogP contribution is -2.43. The predicted molar refractivity (Wildman–Crippen MR) is 180 cm³/mol. The number of nitrogens with zero attached hydrogens (tertiary/aromatic N) is 6. The normalized spacial score (nSPS) is 17.4. The van der Waals surface area contributed by atoms with Gasteiger partial charge in [-0.1, -0.05) is 24.3 Å². The first kappa shape index (κ1) is 32.2. The van der Waals surface area contributed by atoms with E-state index in [0.717, 1.165) is 35.1 Å². The van der Waals surface area contributed by atoms with Gasteiger partial charge in [-0.2, -0.15) is 0 Å². The van der Waals surface area contributed by atoms with Crippen LogP contribution in [0.5, 0.6) is 0 Å². The van der Waals surface area contributed by atoms with Crippen LogP contribution in [0.15, 0.2) is 85.7 Å². The molecule has 0 aromatic carbocycles. The Bertz CT molecular complexity index is 1630. The largest absolute Gasteiger partial charge is 0.330 e. The number of carbonyl (C=O) groups excluding carboxylic acids is 4. The fourth-order valence-electron chi connectivity index (χ4n) is 6.00. The molecule has 4 aromatic rings. The number of aromatic nitrogens is 4. The molecule has 244 valence electrons. The number of hydrogen-bond donors (Lipinski definition) is 2. The summed E-state index contributed by atoms with van der Waals surface area (Å²) < 4.78 is 0. The van der Waals surface area contributed by atoms with E-state index in [1.807, 2.05) is 36.4 Å².